The normalized spacial score (nSPS) is 16.8. The monoisotopic (exact) mass is 547 g/mol. The molecule has 0 aromatic heterocycles. The van der Waals surface area contributed by atoms with Crippen molar-refractivity contribution in [2.45, 2.75) is 38.5 Å². The van der Waals surface area contributed by atoms with Gasteiger partial charge in [-0.2, -0.15) is 0 Å². The van der Waals surface area contributed by atoms with Gasteiger partial charge in [0.05, 0.1) is 23.6 Å². The molecule has 0 unspecified atom stereocenters. The van der Waals surface area contributed by atoms with E-state index in [0.29, 0.717) is 28.6 Å². The topological polar surface area (TPSA) is 160 Å². The molecule has 6 N–H and O–H groups in total. The third-order valence-electron chi connectivity index (χ3n) is 7.24. The van der Waals surface area contributed by atoms with E-state index < -0.39 is 23.9 Å². The Bertz CT molecular complexity index is 1330. The van der Waals surface area contributed by atoms with E-state index in [9.17, 15) is 29.4 Å². The molecule has 2 heterocycles. The molecule has 11 heteroatoms. The van der Waals surface area contributed by atoms with E-state index in [2.05, 4.69) is 33.6 Å². The van der Waals surface area contributed by atoms with E-state index in [-0.39, 0.29) is 23.6 Å². The quantitative estimate of drug-likeness (QED) is 0.288. The molecule has 40 heavy (non-hydrogen) atoms. The molecule has 4 rings (SSSR count). The van der Waals surface area contributed by atoms with Crippen molar-refractivity contribution in [3.63, 3.8) is 0 Å². The molecule has 0 atom stereocenters. The molecule has 0 bridgehead atoms. The predicted molar refractivity (Wildman–Crippen MR) is 148 cm³/mol. The summed E-state index contributed by atoms with van der Waals surface area (Å²) >= 11 is 0. The number of anilines is 1. The Kier molecular flexibility index (Phi) is 8.85. The molecular formula is C29H33N5O6. The first-order valence-corrected chi connectivity index (χ1v) is 13.0. The van der Waals surface area contributed by atoms with Gasteiger partial charge in [0.1, 0.15) is 0 Å². The summed E-state index contributed by atoms with van der Waals surface area (Å²) in [6, 6.07) is 15.9. The van der Waals surface area contributed by atoms with Gasteiger partial charge in [-0.25, -0.2) is 19.8 Å². The number of aliphatic carboxylic acids is 2. The number of piperidine rings is 1. The van der Waals surface area contributed by atoms with Gasteiger partial charge in [0.15, 0.2) is 0 Å². The maximum Gasteiger partial charge on any atom is 0.337 e. The average Bonchev–Trinajstić information content (AvgIpc) is 2.92. The third kappa shape index (κ3) is 6.67. The highest BCUT2D eigenvalue weighted by atomic mass is 16.4. The zero-order chi connectivity index (χ0) is 28.8. The number of carbonyl (C=O) groups excluding carboxylic acids is 2. The van der Waals surface area contributed by atoms with E-state index >= 15 is 0 Å². The minimum Gasteiger partial charge on any atom is -0.478 e. The molecule has 0 saturated carbocycles. The number of allylic oxidation sites excluding steroid dienone is 2. The number of carbonyl (C=O) groups is 4. The molecule has 2 aliphatic rings. The number of benzene rings is 2. The first-order chi connectivity index (χ1) is 19.1. The van der Waals surface area contributed by atoms with Crippen molar-refractivity contribution in [3.8, 4) is 0 Å². The van der Waals surface area contributed by atoms with Crippen molar-refractivity contribution in [1.82, 2.24) is 21.1 Å². The molecule has 11 nitrogen and oxygen atoms in total. The lowest BCUT2D eigenvalue weighted by Crippen LogP contribution is -2.48. The summed E-state index contributed by atoms with van der Waals surface area (Å²) < 4.78 is 0. The SMILES string of the molecule is CC1=C(C(=O)O)C(c2cccc(NC(=O)NNC(=O)CN3CCC(c4ccccc4)CC3)c2)C(C(=O)O)=C(C)N1. The zero-order valence-electron chi connectivity index (χ0n) is 22.4. The molecule has 1 saturated heterocycles. The molecule has 210 valence electrons. The molecule has 2 aromatic rings. The molecular weight excluding hydrogens is 514 g/mol. The zero-order valence-corrected chi connectivity index (χ0v) is 22.4. The number of hydrogen-bond donors (Lipinski definition) is 6. The highest BCUT2D eigenvalue weighted by Crippen LogP contribution is 2.39. The molecule has 1 fully saturated rings. The van der Waals surface area contributed by atoms with Gasteiger partial charge in [-0.15, -0.1) is 0 Å². The summed E-state index contributed by atoms with van der Waals surface area (Å²) in [5.74, 6) is -3.42. The predicted octanol–water partition coefficient (Wildman–Crippen LogP) is 3.12. The standard InChI is InChI=1S/C29H33N5O6/c1-17-24(27(36)37)26(25(28(38)39)18(2)30-17)21-9-6-10-22(15-21)31-29(40)33-32-23(35)16-34-13-11-20(12-14-34)19-7-4-3-5-8-19/h3-10,15,20,26,30H,11-14,16H2,1-2H3,(H,32,35)(H,36,37)(H,38,39)(H2,31,33,40). The van der Waals surface area contributed by atoms with Crippen LogP contribution in [-0.4, -0.2) is 58.6 Å². The van der Waals surface area contributed by atoms with E-state index in [1.54, 1.807) is 32.0 Å². The van der Waals surface area contributed by atoms with Gasteiger partial charge < -0.3 is 20.8 Å². The first-order valence-electron chi connectivity index (χ1n) is 13.0. The lowest BCUT2D eigenvalue weighted by atomic mass is 9.80. The van der Waals surface area contributed by atoms with Crippen molar-refractivity contribution in [2.24, 2.45) is 0 Å². The number of nitrogens with one attached hydrogen (secondary N) is 4. The van der Waals surface area contributed by atoms with Crippen LogP contribution in [0.15, 0.2) is 77.1 Å². The van der Waals surface area contributed by atoms with Crippen LogP contribution in [0.3, 0.4) is 0 Å². The number of nitrogens with zero attached hydrogens (tertiary/aromatic N) is 1. The Morgan fingerprint density at radius 3 is 2.05 bits per heavy atom. The smallest absolute Gasteiger partial charge is 0.337 e. The number of urea groups is 1. The molecule has 3 amide bonds. The summed E-state index contributed by atoms with van der Waals surface area (Å²) in [7, 11) is 0. The average molecular weight is 548 g/mol. The number of hydrogen-bond acceptors (Lipinski definition) is 6. The molecule has 0 radical (unpaired) electrons. The van der Waals surface area contributed by atoms with Gasteiger partial charge in [-0.3, -0.25) is 15.1 Å². The highest BCUT2D eigenvalue weighted by Gasteiger charge is 2.36. The summed E-state index contributed by atoms with van der Waals surface area (Å²) in [6.07, 6.45) is 1.91. The van der Waals surface area contributed by atoms with Gasteiger partial charge in [0, 0.05) is 17.1 Å². The third-order valence-corrected chi connectivity index (χ3v) is 7.24. The lowest BCUT2D eigenvalue weighted by Gasteiger charge is -2.31. The molecule has 2 aromatic carbocycles. The van der Waals surface area contributed by atoms with Gasteiger partial charge in [-0.1, -0.05) is 42.5 Å². The fourth-order valence-electron chi connectivity index (χ4n) is 5.37. The van der Waals surface area contributed by atoms with Crippen molar-refractivity contribution >= 4 is 29.6 Å². The van der Waals surface area contributed by atoms with Crippen molar-refractivity contribution < 1.29 is 29.4 Å². The fourth-order valence-corrected chi connectivity index (χ4v) is 5.37. The number of rotatable bonds is 7. The van der Waals surface area contributed by atoms with Crippen LogP contribution < -0.4 is 21.5 Å². The highest BCUT2D eigenvalue weighted by molar-refractivity contribution is 5.98. The number of likely N-dealkylation sites (tertiary alicyclic amines) is 1. The number of dihydropyridines is 1. The van der Waals surface area contributed by atoms with Gasteiger partial charge >= 0.3 is 18.0 Å². The summed E-state index contributed by atoms with van der Waals surface area (Å²) in [6.45, 7) is 4.85. The Morgan fingerprint density at radius 1 is 0.850 bits per heavy atom. The summed E-state index contributed by atoms with van der Waals surface area (Å²) in [5.41, 5.74) is 7.22. The van der Waals surface area contributed by atoms with Crippen LogP contribution in [0.2, 0.25) is 0 Å². The van der Waals surface area contributed by atoms with Crippen molar-refractivity contribution in [2.75, 3.05) is 25.0 Å². The van der Waals surface area contributed by atoms with E-state index in [0.717, 1.165) is 25.9 Å². The number of amides is 3. The lowest BCUT2D eigenvalue weighted by molar-refractivity contribution is -0.133. The fraction of sp³-hybridized carbons (Fsp3) is 0.310. The van der Waals surface area contributed by atoms with Crippen LogP contribution in [0.25, 0.3) is 0 Å². The van der Waals surface area contributed by atoms with Crippen molar-refractivity contribution in [1.29, 1.82) is 0 Å². The molecule has 2 aliphatic heterocycles. The van der Waals surface area contributed by atoms with Crippen molar-refractivity contribution in [3.05, 3.63) is 88.3 Å². The second-order valence-corrected chi connectivity index (χ2v) is 9.96. The van der Waals surface area contributed by atoms with Gasteiger partial charge in [0.25, 0.3) is 5.91 Å². The van der Waals surface area contributed by atoms with Crippen LogP contribution in [0.4, 0.5) is 10.5 Å². The van der Waals surface area contributed by atoms with E-state index in [1.165, 1.54) is 11.6 Å². The Balaban J connectivity index is 1.33. The Labute approximate surface area is 231 Å². The second kappa shape index (κ2) is 12.5. The maximum atomic E-state index is 12.5. The summed E-state index contributed by atoms with van der Waals surface area (Å²) in [4.78, 5) is 51.0. The van der Waals surface area contributed by atoms with E-state index in [4.69, 9.17) is 0 Å². The number of hydrazine groups is 1. The van der Waals surface area contributed by atoms with Crippen LogP contribution in [-0.2, 0) is 14.4 Å². The Morgan fingerprint density at radius 2 is 1.45 bits per heavy atom. The van der Waals surface area contributed by atoms with Crippen LogP contribution >= 0.6 is 0 Å². The number of carboxylic acids is 2. The van der Waals surface area contributed by atoms with Crippen LogP contribution in [0.1, 0.15) is 49.7 Å². The molecule has 0 spiro atoms. The minimum atomic E-state index is -1.25. The summed E-state index contributed by atoms with van der Waals surface area (Å²) in [5, 5.41) is 25.0. The first kappa shape index (κ1) is 28.4. The van der Waals surface area contributed by atoms with Crippen LogP contribution in [0, 0.1) is 0 Å². The second-order valence-electron chi connectivity index (χ2n) is 9.96. The minimum absolute atomic E-state index is 0.0929. The van der Waals surface area contributed by atoms with Crippen LogP contribution in [0.5, 0.6) is 0 Å². The Hall–Kier alpha value is -4.64. The maximum absolute atomic E-state index is 12.5. The van der Waals surface area contributed by atoms with E-state index in [1.807, 2.05) is 23.1 Å². The molecule has 0 aliphatic carbocycles. The van der Waals surface area contributed by atoms with Gasteiger partial charge in [0.2, 0.25) is 0 Å². The van der Waals surface area contributed by atoms with Gasteiger partial charge in [-0.05, 0) is 69.0 Å². The largest absolute Gasteiger partial charge is 0.478 e. The number of carboxylic acid groups (broad SMARTS) is 2.